The summed E-state index contributed by atoms with van der Waals surface area (Å²) >= 11 is 0. The van der Waals surface area contributed by atoms with Crippen LogP contribution in [0.4, 0.5) is 0 Å². The van der Waals surface area contributed by atoms with Gasteiger partial charge in [0, 0.05) is 11.6 Å². The third kappa shape index (κ3) is 3.98. The van der Waals surface area contributed by atoms with Crippen LogP contribution in [0.15, 0.2) is 18.2 Å². The second-order valence-corrected chi connectivity index (χ2v) is 5.52. The molecule has 0 bridgehead atoms. The second kappa shape index (κ2) is 6.60. The van der Waals surface area contributed by atoms with Crippen molar-refractivity contribution in [3.63, 3.8) is 0 Å². The van der Waals surface area contributed by atoms with E-state index in [4.69, 9.17) is 0 Å². The number of amides is 1. The number of aromatic hydroxyl groups is 1. The van der Waals surface area contributed by atoms with E-state index < -0.39 is 0 Å². The largest absolute Gasteiger partial charge is 0.508 e. The quantitative estimate of drug-likeness (QED) is 0.855. The lowest BCUT2D eigenvalue weighted by molar-refractivity contribution is 0.0930. The van der Waals surface area contributed by atoms with Gasteiger partial charge in [-0.1, -0.05) is 32.1 Å². The van der Waals surface area contributed by atoms with Crippen molar-refractivity contribution in [2.75, 3.05) is 0 Å². The maximum Gasteiger partial charge on any atom is 0.251 e. The fourth-order valence-electron chi connectivity index (χ4n) is 2.67. The van der Waals surface area contributed by atoms with Crippen LogP contribution < -0.4 is 5.32 Å². The van der Waals surface area contributed by atoms with Crippen molar-refractivity contribution >= 4 is 5.91 Å². The van der Waals surface area contributed by atoms with Gasteiger partial charge in [-0.3, -0.25) is 4.79 Å². The van der Waals surface area contributed by atoms with Crippen LogP contribution in [0.3, 0.4) is 0 Å². The molecular weight excluding hydrogens is 238 g/mol. The van der Waals surface area contributed by atoms with Gasteiger partial charge in [-0.2, -0.15) is 0 Å². The SMILES string of the molecule is Cc1cc(C(=O)NC2CCCCCCC2)ccc1O. The normalized spacial score (nSPS) is 17.5. The molecule has 2 rings (SSSR count). The molecule has 0 heterocycles. The first-order valence-corrected chi connectivity index (χ1v) is 7.27. The van der Waals surface area contributed by atoms with E-state index in [1.54, 1.807) is 18.2 Å². The Hall–Kier alpha value is -1.51. The number of phenols is 1. The highest BCUT2D eigenvalue weighted by Crippen LogP contribution is 2.19. The number of carbonyl (C=O) groups excluding carboxylic acids is 1. The van der Waals surface area contributed by atoms with Crippen molar-refractivity contribution in [3.05, 3.63) is 29.3 Å². The van der Waals surface area contributed by atoms with Gasteiger partial charge >= 0.3 is 0 Å². The summed E-state index contributed by atoms with van der Waals surface area (Å²) in [6.45, 7) is 1.81. The molecule has 1 fully saturated rings. The number of phenolic OH excluding ortho intramolecular Hbond substituents is 1. The molecule has 104 valence electrons. The second-order valence-electron chi connectivity index (χ2n) is 5.52. The van der Waals surface area contributed by atoms with Crippen LogP contribution in [0.5, 0.6) is 5.75 Å². The first-order chi connectivity index (χ1) is 9.16. The van der Waals surface area contributed by atoms with E-state index >= 15 is 0 Å². The van der Waals surface area contributed by atoms with Gasteiger partial charge in [-0.15, -0.1) is 0 Å². The molecule has 0 saturated heterocycles. The van der Waals surface area contributed by atoms with Gasteiger partial charge in [0.2, 0.25) is 0 Å². The minimum Gasteiger partial charge on any atom is -0.508 e. The molecule has 0 spiro atoms. The van der Waals surface area contributed by atoms with Gasteiger partial charge in [0.05, 0.1) is 0 Å². The minimum atomic E-state index is -0.0197. The zero-order valence-corrected chi connectivity index (χ0v) is 11.6. The third-order valence-electron chi connectivity index (χ3n) is 3.90. The van der Waals surface area contributed by atoms with Crippen molar-refractivity contribution < 1.29 is 9.90 Å². The fraction of sp³-hybridized carbons (Fsp3) is 0.562. The molecule has 1 aromatic carbocycles. The average Bonchev–Trinajstić information content (AvgIpc) is 2.35. The molecule has 0 aliphatic heterocycles. The first kappa shape index (κ1) is 13.9. The molecule has 1 aliphatic rings. The zero-order chi connectivity index (χ0) is 13.7. The van der Waals surface area contributed by atoms with Gasteiger partial charge in [-0.05, 0) is 43.5 Å². The van der Waals surface area contributed by atoms with E-state index in [1.807, 2.05) is 6.92 Å². The lowest BCUT2D eigenvalue weighted by Gasteiger charge is -2.21. The smallest absolute Gasteiger partial charge is 0.251 e. The summed E-state index contributed by atoms with van der Waals surface area (Å²) in [5.74, 6) is 0.219. The maximum atomic E-state index is 12.2. The molecule has 1 saturated carbocycles. The molecule has 1 aromatic rings. The molecular formula is C16H23NO2. The van der Waals surface area contributed by atoms with Gasteiger partial charge < -0.3 is 10.4 Å². The number of carbonyl (C=O) groups is 1. The lowest BCUT2D eigenvalue weighted by Crippen LogP contribution is -2.35. The summed E-state index contributed by atoms with van der Waals surface area (Å²) in [4.78, 5) is 12.2. The molecule has 0 unspecified atom stereocenters. The van der Waals surface area contributed by atoms with Crippen LogP contribution in [0.1, 0.15) is 60.9 Å². The van der Waals surface area contributed by atoms with Crippen LogP contribution in [-0.2, 0) is 0 Å². The summed E-state index contributed by atoms with van der Waals surface area (Å²) in [7, 11) is 0. The van der Waals surface area contributed by atoms with Gasteiger partial charge in [0.1, 0.15) is 5.75 Å². The molecule has 0 aromatic heterocycles. The van der Waals surface area contributed by atoms with Crippen LogP contribution >= 0.6 is 0 Å². The number of aryl methyl sites for hydroxylation is 1. The Labute approximate surface area is 115 Å². The van der Waals surface area contributed by atoms with Crippen molar-refractivity contribution in [1.82, 2.24) is 5.32 Å². The summed E-state index contributed by atoms with van der Waals surface area (Å²) < 4.78 is 0. The predicted molar refractivity (Wildman–Crippen MR) is 76.4 cm³/mol. The molecule has 1 aliphatic carbocycles. The molecule has 0 atom stereocenters. The van der Waals surface area contributed by atoms with Crippen molar-refractivity contribution in [1.29, 1.82) is 0 Å². The summed E-state index contributed by atoms with van der Waals surface area (Å²) in [5.41, 5.74) is 1.38. The standard InChI is InChI=1S/C16H23NO2/c1-12-11-13(9-10-15(12)18)16(19)17-14-7-5-3-2-4-6-8-14/h9-11,14,18H,2-8H2,1H3,(H,17,19). The van der Waals surface area contributed by atoms with Crippen LogP contribution in [-0.4, -0.2) is 17.1 Å². The summed E-state index contributed by atoms with van der Waals surface area (Å²) in [6, 6.07) is 5.32. The van der Waals surface area contributed by atoms with Gasteiger partial charge in [0.15, 0.2) is 0 Å². The highest BCUT2D eigenvalue weighted by Gasteiger charge is 2.15. The molecule has 2 N–H and O–H groups in total. The zero-order valence-electron chi connectivity index (χ0n) is 11.6. The average molecular weight is 261 g/mol. The van der Waals surface area contributed by atoms with Crippen molar-refractivity contribution in [2.24, 2.45) is 0 Å². The highest BCUT2D eigenvalue weighted by atomic mass is 16.3. The van der Waals surface area contributed by atoms with Crippen LogP contribution in [0, 0.1) is 6.92 Å². The third-order valence-corrected chi connectivity index (χ3v) is 3.90. The topological polar surface area (TPSA) is 49.3 Å². The molecule has 19 heavy (non-hydrogen) atoms. The van der Waals surface area contributed by atoms with E-state index in [-0.39, 0.29) is 11.7 Å². The Morgan fingerprint density at radius 3 is 2.42 bits per heavy atom. The maximum absolute atomic E-state index is 12.2. The van der Waals surface area contributed by atoms with Crippen molar-refractivity contribution in [3.8, 4) is 5.75 Å². The molecule has 1 amide bonds. The summed E-state index contributed by atoms with van der Waals surface area (Å²) in [6.07, 6.45) is 8.48. The number of nitrogens with one attached hydrogen (secondary N) is 1. The predicted octanol–water partition coefficient (Wildman–Crippen LogP) is 3.54. The molecule has 3 heteroatoms. The Kier molecular flexibility index (Phi) is 4.83. The fourth-order valence-corrected chi connectivity index (χ4v) is 2.67. The number of hydrogen-bond donors (Lipinski definition) is 2. The van der Waals surface area contributed by atoms with Crippen LogP contribution in [0.2, 0.25) is 0 Å². The number of rotatable bonds is 2. The number of benzene rings is 1. The lowest BCUT2D eigenvalue weighted by atomic mass is 9.96. The van der Waals surface area contributed by atoms with E-state index in [1.165, 1.54) is 32.1 Å². The van der Waals surface area contributed by atoms with E-state index in [2.05, 4.69) is 5.32 Å². The van der Waals surface area contributed by atoms with Crippen molar-refractivity contribution in [2.45, 2.75) is 57.9 Å². The molecule has 0 radical (unpaired) electrons. The Morgan fingerprint density at radius 1 is 1.16 bits per heavy atom. The van der Waals surface area contributed by atoms with Gasteiger partial charge in [0.25, 0.3) is 5.91 Å². The number of hydrogen-bond acceptors (Lipinski definition) is 2. The minimum absolute atomic E-state index is 0.0197. The van der Waals surface area contributed by atoms with E-state index in [0.29, 0.717) is 11.6 Å². The van der Waals surface area contributed by atoms with E-state index in [0.717, 1.165) is 18.4 Å². The van der Waals surface area contributed by atoms with Crippen LogP contribution in [0.25, 0.3) is 0 Å². The summed E-state index contributed by atoms with van der Waals surface area (Å²) in [5, 5.41) is 12.6. The first-order valence-electron chi connectivity index (χ1n) is 7.27. The Bertz CT molecular complexity index is 434. The van der Waals surface area contributed by atoms with Gasteiger partial charge in [-0.25, -0.2) is 0 Å². The highest BCUT2D eigenvalue weighted by molar-refractivity contribution is 5.94. The Morgan fingerprint density at radius 2 is 1.79 bits per heavy atom. The monoisotopic (exact) mass is 261 g/mol. The van der Waals surface area contributed by atoms with E-state index in [9.17, 15) is 9.90 Å². The Balaban J connectivity index is 1.96. The molecule has 3 nitrogen and oxygen atoms in total.